The van der Waals surface area contributed by atoms with E-state index < -0.39 is 48.7 Å². The zero-order chi connectivity index (χ0) is 33.3. The van der Waals surface area contributed by atoms with Crippen molar-refractivity contribution >= 4 is 25.8 Å². The molecular formula is C30H23F6NO7S2. The van der Waals surface area contributed by atoms with Crippen LogP contribution in [0.4, 0.5) is 26.3 Å². The Morgan fingerprint density at radius 3 is 1.80 bits per heavy atom. The van der Waals surface area contributed by atoms with E-state index in [9.17, 15) is 43.2 Å². The largest absolute Gasteiger partial charge is 0.534 e. The predicted octanol–water partition coefficient (Wildman–Crippen LogP) is 7.89. The molecule has 0 spiro atoms. The molecule has 1 heterocycles. The predicted molar refractivity (Wildman–Crippen MR) is 154 cm³/mol. The number of benzene rings is 3. The van der Waals surface area contributed by atoms with Crippen molar-refractivity contribution in [1.29, 1.82) is 0 Å². The quantitative estimate of drug-likeness (QED) is 0.0992. The molecule has 1 aliphatic carbocycles. The number of nitrogens with zero attached hydrogens (tertiary/aromatic N) is 1. The lowest BCUT2D eigenvalue weighted by molar-refractivity contribution is -0.0502. The van der Waals surface area contributed by atoms with Crippen LogP contribution in [0.1, 0.15) is 30.7 Å². The number of allylic oxidation sites excluding steroid dienone is 2. The molecule has 0 bridgehead atoms. The Bertz CT molecular complexity index is 1830. The molecule has 0 saturated heterocycles. The fourth-order valence-electron chi connectivity index (χ4n) is 4.92. The molecule has 46 heavy (non-hydrogen) atoms. The number of halogens is 6. The van der Waals surface area contributed by atoms with Gasteiger partial charge < -0.3 is 12.8 Å². The van der Waals surface area contributed by atoms with E-state index >= 15 is 0 Å². The van der Waals surface area contributed by atoms with Crippen molar-refractivity contribution in [3.63, 3.8) is 0 Å². The summed E-state index contributed by atoms with van der Waals surface area (Å²) in [6, 6.07) is 20.3. The van der Waals surface area contributed by atoms with Crippen molar-refractivity contribution in [3.05, 3.63) is 96.4 Å². The van der Waals surface area contributed by atoms with Crippen molar-refractivity contribution < 1.29 is 56.0 Å². The SMILES string of the molecule is O=S(=O)(Oc1cc(CC2CCCC=C2c2nc(-c3ccccc3)c(-c3ccccc3)o2)cc(OS(=O)(=O)C(F)(F)F)c1)C(F)(F)F. The van der Waals surface area contributed by atoms with Gasteiger partial charge in [-0.25, -0.2) is 4.98 Å². The van der Waals surface area contributed by atoms with Gasteiger partial charge in [-0.05, 0) is 49.3 Å². The van der Waals surface area contributed by atoms with Crippen LogP contribution in [0.3, 0.4) is 0 Å². The molecule has 244 valence electrons. The van der Waals surface area contributed by atoms with Crippen molar-refractivity contribution in [2.45, 2.75) is 36.7 Å². The van der Waals surface area contributed by atoms with Gasteiger partial charge in [0.2, 0.25) is 5.89 Å². The number of alkyl halides is 6. The van der Waals surface area contributed by atoms with Crippen LogP contribution in [0.5, 0.6) is 11.5 Å². The molecular weight excluding hydrogens is 664 g/mol. The van der Waals surface area contributed by atoms with E-state index in [0.717, 1.165) is 23.3 Å². The molecule has 0 aliphatic heterocycles. The second kappa shape index (κ2) is 12.5. The molecule has 1 atom stereocenters. The number of hydrogen-bond donors (Lipinski definition) is 0. The molecule has 1 aromatic heterocycles. The molecule has 0 fully saturated rings. The Morgan fingerprint density at radius 1 is 0.761 bits per heavy atom. The average Bonchev–Trinajstić information content (AvgIpc) is 3.42. The molecule has 1 unspecified atom stereocenters. The number of hydrogen-bond acceptors (Lipinski definition) is 8. The van der Waals surface area contributed by atoms with Crippen molar-refractivity contribution in [3.8, 4) is 34.1 Å². The molecule has 0 radical (unpaired) electrons. The first-order chi connectivity index (χ1) is 21.5. The summed E-state index contributed by atoms with van der Waals surface area (Å²) >= 11 is 0. The van der Waals surface area contributed by atoms with Gasteiger partial charge >= 0.3 is 31.3 Å². The van der Waals surface area contributed by atoms with Crippen LogP contribution in [0.15, 0.2) is 89.4 Å². The minimum atomic E-state index is -6.26. The van der Waals surface area contributed by atoms with E-state index in [2.05, 4.69) is 8.37 Å². The Kier molecular flexibility index (Phi) is 8.96. The minimum Gasteiger partial charge on any atom is -0.436 e. The van der Waals surface area contributed by atoms with Crippen LogP contribution >= 0.6 is 0 Å². The third kappa shape index (κ3) is 7.22. The molecule has 8 nitrogen and oxygen atoms in total. The third-order valence-electron chi connectivity index (χ3n) is 6.92. The lowest BCUT2D eigenvalue weighted by Crippen LogP contribution is -2.29. The Labute approximate surface area is 259 Å². The monoisotopic (exact) mass is 687 g/mol. The summed E-state index contributed by atoms with van der Waals surface area (Å²) < 4.78 is 139. The summed E-state index contributed by atoms with van der Waals surface area (Å²) in [7, 11) is -12.5. The maximum absolute atomic E-state index is 13.0. The minimum absolute atomic E-state index is 0.0711. The molecule has 1 aliphatic rings. The first kappa shape index (κ1) is 33.1. The molecule has 3 aromatic carbocycles. The van der Waals surface area contributed by atoms with Crippen LogP contribution in [-0.2, 0) is 26.7 Å². The number of rotatable bonds is 9. The highest BCUT2D eigenvalue weighted by atomic mass is 32.2. The van der Waals surface area contributed by atoms with E-state index in [0.29, 0.717) is 42.4 Å². The highest BCUT2D eigenvalue weighted by Crippen LogP contribution is 2.41. The Morgan fingerprint density at radius 2 is 1.28 bits per heavy atom. The zero-order valence-corrected chi connectivity index (χ0v) is 25.0. The maximum atomic E-state index is 13.0. The van der Waals surface area contributed by atoms with Crippen molar-refractivity contribution in [2.75, 3.05) is 0 Å². The Hall–Kier alpha value is -4.31. The normalized spacial score (nSPS) is 16.1. The lowest BCUT2D eigenvalue weighted by Gasteiger charge is -2.23. The highest BCUT2D eigenvalue weighted by Gasteiger charge is 2.50. The van der Waals surface area contributed by atoms with Crippen LogP contribution in [-0.4, -0.2) is 32.8 Å². The maximum Gasteiger partial charge on any atom is 0.534 e. The summed E-state index contributed by atoms with van der Waals surface area (Å²) in [5.74, 6) is -1.99. The van der Waals surface area contributed by atoms with E-state index in [1.54, 1.807) is 0 Å². The summed E-state index contributed by atoms with van der Waals surface area (Å²) in [5, 5.41) is 0. The van der Waals surface area contributed by atoms with Gasteiger partial charge in [0.15, 0.2) is 5.76 Å². The lowest BCUT2D eigenvalue weighted by atomic mass is 9.83. The van der Waals surface area contributed by atoms with Gasteiger partial charge in [0, 0.05) is 22.8 Å². The van der Waals surface area contributed by atoms with Crippen molar-refractivity contribution in [1.82, 2.24) is 4.98 Å². The van der Waals surface area contributed by atoms with E-state index in [1.165, 1.54) is 0 Å². The van der Waals surface area contributed by atoms with Gasteiger partial charge in [-0.3, -0.25) is 0 Å². The van der Waals surface area contributed by atoms with Gasteiger partial charge in [-0.15, -0.1) is 0 Å². The smallest absolute Gasteiger partial charge is 0.436 e. The molecule has 0 N–H and O–H groups in total. The second-order valence-electron chi connectivity index (χ2n) is 10.2. The summed E-state index contributed by atoms with van der Waals surface area (Å²) in [5.41, 5.74) is -9.21. The first-order valence-corrected chi connectivity index (χ1v) is 16.3. The Balaban J connectivity index is 1.54. The molecule has 0 amide bonds. The number of aromatic nitrogens is 1. The van der Waals surface area contributed by atoms with E-state index in [1.807, 2.05) is 66.7 Å². The first-order valence-electron chi connectivity index (χ1n) is 13.5. The zero-order valence-electron chi connectivity index (χ0n) is 23.4. The van der Waals surface area contributed by atoms with Gasteiger partial charge in [-0.2, -0.15) is 43.2 Å². The molecule has 5 rings (SSSR count). The van der Waals surface area contributed by atoms with Gasteiger partial charge in [-0.1, -0.05) is 66.7 Å². The highest BCUT2D eigenvalue weighted by molar-refractivity contribution is 7.88. The average molecular weight is 688 g/mol. The summed E-state index contributed by atoms with van der Waals surface area (Å²) in [4.78, 5) is 4.77. The van der Waals surface area contributed by atoms with Gasteiger partial charge in [0.1, 0.15) is 17.2 Å². The summed E-state index contributed by atoms with van der Waals surface area (Å²) in [6.07, 6.45) is 3.47. The third-order valence-corrected chi connectivity index (χ3v) is 8.88. The van der Waals surface area contributed by atoms with Gasteiger partial charge in [0.25, 0.3) is 0 Å². The second-order valence-corrected chi connectivity index (χ2v) is 13.3. The van der Waals surface area contributed by atoms with Crippen LogP contribution in [0, 0.1) is 5.92 Å². The molecule has 0 saturated carbocycles. The molecule has 16 heteroatoms. The standard InChI is InChI=1S/C30H23F6NO7S2/c31-29(32,33)45(38,39)43-23-16-19(17-24(18-23)44-46(40,41)30(34,35)36)15-22-13-7-8-14-25(22)28-37-26(20-9-3-1-4-10-20)27(42-28)21-11-5-2-6-12-21/h1-6,9-12,14,16-18,22H,7-8,13,15H2. The van der Waals surface area contributed by atoms with Gasteiger partial charge in [0.05, 0.1) is 0 Å². The summed E-state index contributed by atoms with van der Waals surface area (Å²) in [6.45, 7) is 0. The van der Waals surface area contributed by atoms with Crippen LogP contribution in [0.25, 0.3) is 28.2 Å². The van der Waals surface area contributed by atoms with Crippen molar-refractivity contribution in [2.24, 2.45) is 5.92 Å². The van der Waals surface area contributed by atoms with Crippen LogP contribution in [0.2, 0.25) is 0 Å². The fourth-order valence-corrected chi connectivity index (χ4v) is 5.80. The fraction of sp³-hybridized carbons (Fsp3) is 0.233. The molecule has 4 aromatic rings. The van der Waals surface area contributed by atoms with Crippen LogP contribution < -0.4 is 8.37 Å². The van der Waals surface area contributed by atoms with E-state index in [-0.39, 0.29) is 17.9 Å². The number of oxazole rings is 1. The topological polar surface area (TPSA) is 113 Å². The van der Waals surface area contributed by atoms with E-state index in [4.69, 9.17) is 9.40 Å².